The Morgan fingerprint density at radius 2 is 1.77 bits per heavy atom. The van der Waals surface area contributed by atoms with Gasteiger partial charge < -0.3 is 18.6 Å². The van der Waals surface area contributed by atoms with E-state index in [4.69, 9.17) is 30.2 Å². The molecular formula is C24H25ClO6. The van der Waals surface area contributed by atoms with Gasteiger partial charge in [0.15, 0.2) is 6.10 Å². The first kappa shape index (κ1) is 22.7. The van der Waals surface area contributed by atoms with Crippen LogP contribution in [0.5, 0.6) is 17.2 Å². The van der Waals surface area contributed by atoms with Gasteiger partial charge in [-0.15, -0.1) is 0 Å². The molecule has 31 heavy (non-hydrogen) atoms. The van der Waals surface area contributed by atoms with E-state index < -0.39 is 12.1 Å². The average molecular weight is 445 g/mol. The molecule has 164 valence electrons. The van der Waals surface area contributed by atoms with E-state index in [-0.39, 0.29) is 17.3 Å². The van der Waals surface area contributed by atoms with Crippen molar-refractivity contribution in [1.82, 2.24) is 0 Å². The molecule has 6 nitrogen and oxygen atoms in total. The first-order valence-electron chi connectivity index (χ1n) is 10.1. The molecule has 2 unspecified atom stereocenters. The standard InChI is InChI=1S/C24H25ClO6/c1-6-15(4)29-24(27)16(5)30-17-7-8-19-20(11-17)28-12-21(23(19)26)31-18-9-13(2)22(25)14(3)10-18/h7-12,15-16H,6H2,1-5H3. The van der Waals surface area contributed by atoms with Crippen molar-refractivity contribution < 1.29 is 23.4 Å². The molecule has 0 aliphatic heterocycles. The molecule has 0 N–H and O–H groups in total. The molecule has 3 aromatic rings. The van der Waals surface area contributed by atoms with E-state index in [9.17, 15) is 9.59 Å². The Labute approximate surface area is 185 Å². The smallest absolute Gasteiger partial charge is 0.347 e. The fourth-order valence-electron chi connectivity index (χ4n) is 2.96. The Hall–Kier alpha value is -2.99. The van der Waals surface area contributed by atoms with Gasteiger partial charge in [0.05, 0.1) is 11.5 Å². The van der Waals surface area contributed by atoms with E-state index in [0.717, 1.165) is 17.5 Å². The van der Waals surface area contributed by atoms with Crippen LogP contribution < -0.4 is 14.9 Å². The minimum absolute atomic E-state index is 0.0628. The van der Waals surface area contributed by atoms with Crippen molar-refractivity contribution in [2.24, 2.45) is 0 Å². The summed E-state index contributed by atoms with van der Waals surface area (Å²) in [6.45, 7) is 9.10. The highest BCUT2D eigenvalue weighted by Gasteiger charge is 2.19. The maximum absolute atomic E-state index is 12.8. The van der Waals surface area contributed by atoms with Crippen LogP contribution >= 0.6 is 11.6 Å². The lowest BCUT2D eigenvalue weighted by atomic mass is 10.1. The Bertz CT molecular complexity index is 1140. The molecule has 0 radical (unpaired) electrons. The zero-order valence-electron chi connectivity index (χ0n) is 18.2. The maximum Gasteiger partial charge on any atom is 0.347 e. The molecule has 3 rings (SSSR count). The number of carbonyl (C=O) groups excluding carboxylic acids is 1. The number of esters is 1. The van der Waals surface area contributed by atoms with Crippen LogP contribution in [-0.2, 0) is 9.53 Å². The molecule has 2 aromatic carbocycles. The van der Waals surface area contributed by atoms with Crippen LogP contribution in [-0.4, -0.2) is 18.2 Å². The summed E-state index contributed by atoms with van der Waals surface area (Å²) in [4.78, 5) is 24.9. The van der Waals surface area contributed by atoms with Crippen molar-refractivity contribution in [2.75, 3.05) is 0 Å². The monoisotopic (exact) mass is 444 g/mol. The van der Waals surface area contributed by atoms with E-state index in [1.54, 1.807) is 37.3 Å². The second-order valence-electron chi connectivity index (χ2n) is 7.48. The van der Waals surface area contributed by atoms with Gasteiger partial charge in [0.1, 0.15) is 23.3 Å². The van der Waals surface area contributed by atoms with Crippen molar-refractivity contribution >= 4 is 28.5 Å². The molecule has 0 aliphatic carbocycles. The number of hydrogen-bond acceptors (Lipinski definition) is 6. The van der Waals surface area contributed by atoms with E-state index in [1.165, 1.54) is 6.26 Å². The van der Waals surface area contributed by atoms with E-state index >= 15 is 0 Å². The molecule has 0 aliphatic rings. The summed E-state index contributed by atoms with van der Waals surface area (Å²) in [7, 11) is 0. The molecule has 1 heterocycles. The third-order valence-corrected chi connectivity index (χ3v) is 5.49. The van der Waals surface area contributed by atoms with Crippen LogP contribution in [0.25, 0.3) is 11.0 Å². The van der Waals surface area contributed by atoms with Gasteiger partial charge in [-0.2, -0.15) is 0 Å². The summed E-state index contributed by atoms with van der Waals surface area (Å²) in [5, 5.41) is 0.995. The maximum atomic E-state index is 12.8. The quantitative estimate of drug-likeness (QED) is 0.418. The van der Waals surface area contributed by atoms with Gasteiger partial charge in [-0.1, -0.05) is 18.5 Å². The first-order chi connectivity index (χ1) is 14.7. The fraction of sp³-hybridized carbons (Fsp3) is 0.333. The van der Waals surface area contributed by atoms with Gasteiger partial charge in [0, 0.05) is 11.1 Å². The molecule has 0 fully saturated rings. The van der Waals surface area contributed by atoms with Crippen molar-refractivity contribution in [3.05, 3.63) is 63.0 Å². The van der Waals surface area contributed by atoms with Crippen LogP contribution in [0.15, 0.2) is 45.8 Å². The molecule has 0 bridgehead atoms. The number of fused-ring (bicyclic) bond motifs is 1. The number of benzene rings is 2. The number of rotatable bonds is 7. The van der Waals surface area contributed by atoms with Crippen molar-refractivity contribution in [3.63, 3.8) is 0 Å². The molecule has 2 atom stereocenters. The number of ether oxygens (including phenoxy) is 3. The summed E-state index contributed by atoms with van der Waals surface area (Å²) in [6, 6.07) is 8.26. The Morgan fingerprint density at radius 1 is 1.10 bits per heavy atom. The molecule has 0 amide bonds. The minimum Gasteiger partial charge on any atom is -0.479 e. The largest absolute Gasteiger partial charge is 0.479 e. The number of carbonyl (C=O) groups is 1. The Kier molecular flexibility index (Phi) is 6.91. The summed E-state index contributed by atoms with van der Waals surface area (Å²) in [5.74, 6) is 0.502. The van der Waals surface area contributed by atoms with Crippen LogP contribution in [0, 0.1) is 13.8 Å². The Morgan fingerprint density at radius 3 is 2.42 bits per heavy atom. The van der Waals surface area contributed by atoms with Gasteiger partial charge in [-0.3, -0.25) is 4.79 Å². The second-order valence-corrected chi connectivity index (χ2v) is 7.85. The minimum atomic E-state index is -0.794. The highest BCUT2D eigenvalue weighted by molar-refractivity contribution is 6.32. The average Bonchev–Trinajstić information content (AvgIpc) is 2.73. The van der Waals surface area contributed by atoms with Gasteiger partial charge >= 0.3 is 5.97 Å². The number of halogens is 1. The zero-order chi connectivity index (χ0) is 22.7. The Balaban J connectivity index is 1.81. The van der Waals surface area contributed by atoms with Gasteiger partial charge in [-0.05, 0) is 69.5 Å². The van der Waals surface area contributed by atoms with Crippen molar-refractivity contribution in [2.45, 2.75) is 53.2 Å². The highest BCUT2D eigenvalue weighted by Crippen LogP contribution is 2.29. The van der Waals surface area contributed by atoms with Gasteiger partial charge in [-0.25, -0.2) is 4.79 Å². The predicted octanol–water partition coefficient (Wildman–Crippen LogP) is 5.96. The van der Waals surface area contributed by atoms with Crippen molar-refractivity contribution in [1.29, 1.82) is 0 Å². The zero-order valence-corrected chi connectivity index (χ0v) is 18.9. The topological polar surface area (TPSA) is 75.0 Å². The molecule has 1 aromatic heterocycles. The summed E-state index contributed by atoms with van der Waals surface area (Å²) >= 11 is 6.19. The van der Waals surface area contributed by atoms with Gasteiger partial charge in [0.25, 0.3) is 0 Å². The second kappa shape index (κ2) is 9.43. The summed E-state index contributed by atoms with van der Waals surface area (Å²) in [5.41, 5.74) is 1.71. The lowest BCUT2D eigenvalue weighted by Crippen LogP contribution is -2.29. The highest BCUT2D eigenvalue weighted by atomic mass is 35.5. The normalized spacial score (nSPS) is 13.0. The fourth-order valence-corrected chi connectivity index (χ4v) is 3.07. The SMILES string of the molecule is CCC(C)OC(=O)C(C)Oc1ccc2c(=O)c(Oc3cc(C)c(Cl)c(C)c3)coc2c1. The first-order valence-corrected chi connectivity index (χ1v) is 10.4. The summed E-state index contributed by atoms with van der Waals surface area (Å²) < 4.78 is 22.3. The van der Waals surface area contributed by atoms with Gasteiger partial charge in [0.2, 0.25) is 11.2 Å². The van der Waals surface area contributed by atoms with E-state index in [2.05, 4.69) is 0 Å². The van der Waals surface area contributed by atoms with Crippen LogP contribution in [0.3, 0.4) is 0 Å². The number of aryl methyl sites for hydroxylation is 2. The molecule has 0 saturated heterocycles. The lowest BCUT2D eigenvalue weighted by molar-refractivity contribution is -0.155. The van der Waals surface area contributed by atoms with Crippen LogP contribution in [0.4, 0.5) is 0 Å². The molecule has 0 spiro atoms. The van der Waals surface area contributed by atoms with Crippen LogP contribution in [0.2, 0.25) is 5.02 Å². The molecule has 7 heteroatoms. The number of hydrogen-bond donors (Lipinski definition) is 0. The summed E-state index contributed by atoms with van der Waals surface area (Å²) in [6.07, 6.45) is 1.00. The third-order valence-electron chi connectivity index (χ3n) is 4.89. The molecular weight excluding hydrogens is 420 g/mol. The molecule has 0 saturated carbocycles. The van der Waals surface area contributed by atoms with E-state index in [1.807, 2.05) is 27.7 Å². The van der Waals surface area contributed by atoms with Crippen molar-refractivity contribution in [3.8, 4) is 17.2 Å². The van der Waals surface area contributed by atoms with E-state index in [0.29, 0.717) is 27.5 Å². The van der Waals surface area contributed by atoms with Crippen LogP contribution in [0.1, 0.15) is 38.3 Å². The lowest BCUT2D eigenvalue weighted by Gasteiger charge is -2.17. The third kappa shape index (κ3) is 5.20. The predicted molar refractivity (Wildman–Crippen MR) is 119 cm³/mol.